The van der Waals surface area contributed by atoms with Gasteiger partial charge in [-0.1, -0.05) is 18.2 Å². The molecule has 5 nitrogen and oxygen atoms in total. The summed E-state index contributed by atoms with van der Waals surface area (Å²) in [5, 5.41) is 16.6. The molecule has 0 saturated heterocycles. The normalized spacial score (nSPS) is 14.7. The molecule has 5 heteroatoms. The van der Waals surface area contributed by atoms with Crippen molar-refractivity contribution in [1.29, 1.82) is 0 Å². The van der Waals surface area contributed by atoms with Crippen molar-refractivity contribution in [1.82, 2.24) is 5.01 Å². The fraction of sp³-hybridized carbons (Fsp3) is 0.250. The van der Waals surface area contributed by atoms with Crippen LogP contribution >= 0.6 is 0 Å². The van der Waals surface area contributed by atoms with Crippen LogP contribution in [-0.4, -0.2) is 16.1 Å². The van der Waals surface area contributed by atoms with Crippen molar-refractivity contribution < 1.29 is 4.92 Å². The number of hydrazone groups is 1. The van der Waals surface area contributed by atoms with Crippen molar-refractivity contribution in [2.75, 3.05) is 0 Å². The molecule has 17 heavy (non-hydrogen) atoms. The summed E-state index contributed by atoms with van der Waals surface area (Å²) >= 11 is 0. The van der Waals surface area contributed by atoms with Gasteiger partial charge < -0.3 is 0 Å². The average Bonchev–Trinajstić information content (AvgIpc) is 2.58. The number of benzene rings is 1. The van der Waals surface area contributed by atoms with E-state index in [4.69, 9.17) is 0 Å². The lowest BCUT2D eigenvalue weighted by atomic mass is 10.2. The van der Waals surface area contributed by atoms with E-state index in [9.17, 15) is 10.1 Å². The molecule has 1 aliphatic heterocycles. The number of nitro benzene ring substituents is 1. The number of hydrogen-bond acceptors (Lipinski definition) is 4. The second-order valence-corrected chi connectivity index (χ2v) is 3.78. The highest BCUT2D eigenvalue weighted by Gasteiger charge is 2.05. The Labute approximate surface area is 99.2 Å². The van der Waals surface area contributed by atoms with E-state index in [1.807, 2.05) is 17.4 Å². The van der Waals surface area contributed by atoms with Gasteiger partial charge in [-0.3, -0.25) is 15.1 Å². The molecule has 0 aliphatic carbocycles. The third-order valence-electron chi connectivity index (χ3n) is 2.46. The van der Waals surface area contributed by atoms with Gasteiger partial charge in [0.05, 0.1) is 11.5 Å². The zero-order chi connectivity index (χ0) is 12.1. The highest BCUT2D eigenvalue weighted by molar-refractivity contribution is 5.57. The van der Waals surface area contributed by atoms with Crippen LogP contribution in [-0.2, 0) is 6.54 Å². The Morgan fingerprint density at radius 2 is 2.06 bits per heavy atom. The van der Waals surface area contributed by atoms with Gasteiger partial charge in [-0.25, -0.2) is 0 Å². The summed E-state index contributed by atoms with van der Waals surface area (Å²) in [4.78, 5) is 10.1. The van der Waals surface area contributed by atoms with E-state index in [1.54, 1.807) is 12.1 Å². The molecule has 0 amide bonds. The lowest BCUT2D eigenvalue weighted by Crippen LogP contribution is -2.08. The van der Waals surface area contributed by atoms with Crippen LogP contribution in [0.3, 0.4) is 0 Å². The largest absolute Gasteiger partial charge is 0.269 e. The summed E-state index contributed by atoms with van der Waals surface area (Å²) in [5.74, 6) is 0. The zero-order valence-corrected chi connectivity index (χ0v) is 9.32. The number of allylic oxidation sites excluding steroid dienone is 1. The van der Waals surface area contributed by atoms with Crippen LogP contribution in [0, 0.1) is 10.1 Å². The van der Waals surface area contributed by atoms with E-state index < -0.39 is 4.92 Å². The number of hydrogen-bond donors (Lipinski definition) is 0. The van der Waals surface area contributed by atoms with Crippen LogP contribution in [0.5, 0.6) is 0 Å². The van der Waals surface area contributed by atoms with Gasteiger partial charge in [0.25, 0.3) is 5.69 Å². The molecule has 2 rings (SSSR count). The minimum absolute atomic E-state index is 0.114. The summed E-state index contributed by atoms with van der Waals surface area (Å²) in [6.45, 7) is 0.630. The molecule has 0 N–H and O–H groups in total. The third-order valence-corrected chi connectivity index (χ3v) is 2.46. The van der Waals surface area contributed by atoms with E-state index in [0.29, 0.717) is 6.54 Å². The minimum Gasteiger partial charge on any atom is -0.269 e. The standard InChI is InChI=1S/C12H13N3O2/c16-15(17)12-6-4-11(5-7-12)10-14-9-3-1-2-8-13-14/h3-9H,1-2,10H2. The van der Waals surface area contributed by atoms with Gasteiger partial charge in [-0.2, -0.15) is 5.10 Å². The Morgan fingerprint density at radius 1 is 1.29 bits per heavy atom. The highest BCUT2D eigenvalue weighted by atomic mass is 16.6. The maximum Gasteiger partial charge on any atom is 0.269 e. The summed E-state index contributed by atoms with van der Waals surface area (Å²) in [6.07, 6.45) is 7.84. The van der Waals surface area contributed by atoms with Gasteiger partial charge in [-0.05, 0) is 18.4 Å². The third kappa shape index (κ3) is 3.14. The van der Waals surface area contributed by atoms with E-state index in [-0.39, 0.29) is 5.69 Å². The Bertz CT molecular complexity index is 437. The second-order valence-electron chi connectivity index (χ2n) is 3.78. The summed E-state index contributed by atoms with van der Waals surface area (Å²) in [6, 6.07) is 6.54. The predicted molar refractivity (Wildman–Crippen MR) is 65.5 cm³/mol. The Balaban J connectivity index is 2.05. The molecule has 0 aromatic heterocycles. The second kappa shape index (κ2) is 5.25. The Morgan fingerprint density at radius 3 is 2.76 bits per heavy atom. The molecule has 0 spiro atoms. The summed E-state index contributed by atoms with van der Waals surface area (Å²) in [5.41, 5.74) is 1.11. The van der Waals surface area contributed by atoms with Gasteiger partial charge in [0, 0.05) is 24.5 Å². The molecule has 1 aromatic carbocycles. The van der Waals surface area contributed by atoms with Gasteiger partial charge in [0.15, 0.2) is 0 Å². The van der Waals surface area contributed by atoms with Gasteiger partial charge in [0.1, 0.15) is 0 Å². The van der Waals surface area contributed by atoms with Gasteiger partial charge in [-0.15, -0.1) is 0 Å². The van der Waals surface area contributed by atoms with Crippen LogP contribution in [0.4, 0.5) is 5.69 Å². The quantitative estimate of drug-likeness (QED) is 0.593. The predicted octanol–water partition coefficient (Wildman–Crippen LogP) is 2.69. The molecule has 1 heterocycles. The van der Waals surface area contributed by atoms with Crippen molar-refractivity contribution in [3.05, 3.63) is 52.2 Å². The molecule has 88 valence electrons. The lowest BCUT2D eigenvalue weighted by Gasteiger charge is -2.12. The zero-order valence-electron chi connectivity index (χ0n) is 9.32. The molecule has 1 aromatic rings. The molecule has 1 aliphatic rings. The lowest BCUT2D eigenvalue weighted by molar-refractivity contribution is -0.384. The number of rotatable bonds is 3. The molecule has 0 fully saturated rings. The van der Waals surface area contributed by atoms with Crippen molar-refractivity contribution in [2.45, 2.75) is 19.4 Å². The maximum atomic E-state index is 10.5. The Hall–Kier alpha value is -2.17. The fourth-order valence-corrected chi connectivity index (χ4v) is 1.57. The minimum atomic E-state index is -0.395. The molecule has 0 atom stereocenters. The van der Waals surface area contributed by atoms with Crippen molar-refractivity contribution >= 4 is 11.9 Å². The van der Waals surface area contributed by atoms with Crippen LogP contribution in [0.15, 0.2) is 41.6 Å². The first-order valence-corrected chi connectivity index (χ1v) is 5.45. The van der Waals surface area contributed by atoms with Crippen molar-refractivity contribution in [2.24, 2.45) is 5.10 Å². The van der Waals surface area contributed by atoms with Crippen molar-refractivity contribution in [3.63, 3.8) is 0 Å². The summed E-state index contributed by atoms with van der Waals surface area (Å²) < 4.78 is 0. The van der Waals surface area contributed by atoms with Crippen LogP contribution in [0.25, 0.3) is 0 Å². The molecule has 0 radical (unpaired) electrons. The molecule has 0 unspecified atom stereocenters. The molecule has 0 bridgehead atoms. The molecular weight excluding hydrogens is 218 g/mol. The topological polar surface area (TPSA) is 58.7 Å². The average molecular weight is 231 g/mol. The first-order valence-electron chi connectivity index (χ1n) is 5.45. The van der Waals surface area contributed by atoms with E-state index in [2.05, 4.69) is 11.2 Å². The molecular formula is C12H13N3O2. The smallest absolute Gasteiger partial charge is 0.269 e. The maximum absolute atomic E-state index is 10.5. The van der Waals surface area contributed by atoms with Gasteiger partial charge in [0.2, 0.25) is 0 Å². The first kappa shape index (κ1) is 11.3. The van der Waals surface area contributed by atoms with E-state index in [1.165, 1.54) is 12.1 Å². The number of nitrogens with zero attached hydrogens (tertiary/aromatic N) is 3. The Kier molecular flexibility index (Phi) is 3.49. The first-order chi connectivity index (χ1) is 8.25. The molecule has 0 saturated carbocycles. The SMILES string of the molecule is O=[N+]([O-])c1ccc(CN2C=CCCC=N2)cc1. The van der Waals surface area contributed by atoms with E-state index >= 15 is 0 Å². The fourth-order valence-electron chi connectivity index (χ4n) is 1.57. The van der Waals surface area contributed by atoms with Crippen molar-refractivity contribution in [3.8, 4) is 0 Å². The van der Waals surface area contributed by atoms with Crippen LogP contribution < -0.4 is 0 Å². The van der Waals surface area contributed by atoms with Crippen LogP contribution in [0.1, 0.15) is 18.4 Å². The van der Waals surface area contributed by atoms with E-state index in [0.717, 1.165) is 18.4 Å². The number of nitro groups is 1. The summed E-state index contributed by atoms with van der Waals surface area (Å²) in [7, 11) is 0. The highest BCUT2D eigenvalue weighted by Crippen LogP contribution is 2.14. The number of non-ortho nitro benzene ring substituents is 1. The van der Waals surface area contributed by atoms with Gasteiger partial charge >= 0.3 is 0 Å². The monoisotopic (exact) mass is 231 g/mol. The van der Waals surface area contributed by atoms with Crippen LogP contribution in [0.2, 0.25) is 0 Å².